The fourth-order valence-electron chi connectivity index (χ4n) is 2.16. The second kappa shape index (κ2) is 10.4. The Bertz CT molecular complexity index is 453. The summed E-state index contributed by atoms with van der Waals surface area (Å²) in [5.41, 5.74) is 3.90. The van der Waals surface area contributed by atoms with Gasteiger partial charge >= 0.3 is 0 Å². The normalized spacial score (nSPS) is 15.5. The van der Waals surface area contributed by atoms with Gasteiger partial charge in [-0.05, 0) is 77.1 Å². The predicted octanol–water partition coefficient (Wildman–Crippen LogP) is 6.75. The number of aliphatic hydroxyl groups is 1. The highest BCUT2D eigenvalue weighted by Gasteiger charge is 2.38. The molecule has 0 fully saturated rings. The van der Waals surface area contributed by atoms with E-state index in [0.29, 0.717) is 0 Å². The molecule has 0 amide bonds. The Morgan fingerprint density at radius 1 is 1.08 bits per heavy atom. The number of aliphatic hydroxyl groups excluding tert-OH is 1. The number of hydrogen-bond donors (Lipinski definition) is 1. The minimum absolute atomic E-state index is 0.110. The molecule has 1 unspecified atom stereocenters. The third-order valence-corrected chi connectivity index (χ3v) is 9.30. The first-order valence-corrected chi connectivity index (χ1v) is 12.1. The summed E-state index contributed by atoms with van der Waals surface area (Å²) in [6.07, 6.45) is 8.83. The standard InChI is InChI=1S/C21H40O2Si/c1-17(2)12-10-13-18(3)14-11-15-19(4)16-20(22)23-24(8,9)21(5,6)7/h14,16,20,22H,1,10-13,15H2,2-9H3/b18-14+,19-16?. The summed E-state index contributed by atoms with van der Waals surface area (Å²) in [7, 11) is -1.92. The fraction of sp³-hybridized carbons (Fsp3) is 0.714. The van der Waals surface area contributed by atoms with Crippen LogP contribution >= 0.6 is 0 Å². The van der Waals surface area contributed by atoms with Crippen molar-refractivity contribution in [3.8, 4) is 0 Å². The second-order valence-electron chi connectivity index (χ2n) is 8.68. The van der Waals surface area contributed by atoms with Gasteiger partial charge in [-0.1, -0.05) is 43.6 Å². The molecule has 3 heteroatoms. The zero-order valence-electron chi connectivity index (χ0n) is 17.3. The van der Waals surface area contributed by atoms with E-state index in [0.717, 1.165) is 25.7 Å². The minimum Gasteiger partial charge on any atom is -0.389 e. The Kier molecular flexibility index (Phi) is 10.1. The maximum atomic E-state index is 10.2. The molecule has 0 bridgehead atoms. The molecule has 0 saturated heterocycles. The molecule has 0 aliphatic rings. The molecule has 0 spiro atoms. The summed E-state index contributed by atoms with van der Waals surface area (Å²) in [6, 6.07) is 0. The van der Waals surface area contributed by atoms with Gasteiger partial charge in [-0.3, -0.25) is 0 Å². The summed E-state index contributed by atoms with van der Waals surface area (Å²) >= 11 is 0. The van der Waals surface area contributed by atoms with Gasteiger partial charge in [0.1, 0.15) is 0 Å². The molecule has 0 aliphatic carbocycles. The molecule has 0 aromatic carbocycles. The van der Waals surface area contributed by atoms with Crippen molar-refractivity contribution in [1.82, 2.24) is 0 Å². The van der Waals surface area contributed by atoms with Crippen LogP contribution in [0.25, 0.3) is 0 Å². The van der Waals surface area contributed by atoms with E-state index in [1.54, 1.807) is 0 Å². The molecule has 1 N–H and O–H groups in total. The lowest BCUT2D eigenvalue weighted by Crippen LogP contribution is -2.43. The van der Waals surface area contributed by atoms with Gasteiger partial charge in [0, 0.05) is 0 Å². The van der Waals surface area contributed by atoms with Crippen LogP contribution < -0.4 is 0 Å². The molecular formula is C21H40O2Si. The SMILES string of the molecule is C=C(C)CCC/C(C)=C/CCC(C)=CC(O)O[Si](C)(C)C(C)(C)C. The zero-order valence-corrected chi connectivity index (χ0v) is 18.3. The lowest BCUT2D eigenvalue weighted by molar-refractivity contribution is 0.0123. The Morgan fingerprint density at radius 3 is 2.17 bits per heavy atom. The molecule has 0 saturated carbocycles. The van der Waals surface area contributed by atoms with Gasteiger partial charge in [-0.2, -0.15) is 0 Å². The highest BCUT2D eigenvalue weighted by Crippen LogP contribution is 2.37. The van der Waals surface area contributed by atoms with Gasteiger partial charge < -0.3 is 9.53 Å². The third-order valence-electron chi connectivity index (χ3n) is 4.85. The Hall–Kier alpha value is -0.643. The minimum atomic E-state index is -1.92. The molecule has 0 aliphatic heterocycles. The molecule has 2 nitrogen and oxygen atoms in total. The molecule has 1 atom stereocenters. The lowest BCUT2D eigenvalue weighted by Gasteiger charge is -2.37. The highest BCUT2D eigenvalue weighted by atomic mass is 28.4. The maximum Gasteiger partial charge on any atom is 0.195 e. The van der Waals surface area contributed by atoms with E-state index in [9.17, 15) is 5.11 Å². The van der Waals surface area contributed by atoms with Crippen molar-refractivity contribution < 1.29 is 9.53 Å². The first-order chi connectivity index (χ1) is 10.8. The van der Waals surface area contributed by atoms with Crippen LogP contribution in [0.3, 0.4) is 0 Å². The topological polar surface area (TPSA) is 29.5 Å². The quantitative estimate of drug-likeness (QED) is 0.268. The summed E-state index contributed by atoms with van der Waals surface area (Å²) < 4.78 is 5.97. The molecule has 0 aromatic heterocycles. The van der Waals surface area contributed by atoms with Crippen molar-refractivity contribution in [3.63, 3.8) is 0 Å². The number of allylic oxidation sites excluding steroid dienone is 4. The van der Waals surface area contributed by atoms with Crippen LogP contribution in [0, 0.1) is 0 Å². The van der Waals surface area contributed by atoms with Crippen molar-refractivity contribution in [1.29, 1.82) is 0 Å². The van der Waals surface area contributed by atoms with Crippen LogP contribution in [0.4, 0.5) is 0 Å². The Morgan fingerprint density at radius 2 is 1.67 bits per heavy atom. The van der Waals surface area contributed by atoms with Gasteiger partial charge in [0.05, 0.1) is 0 Å². The summed E-state index contributed by atoms with van der Waals surface area (Å²) in [5, 5.41) is 10.3. The summed E-state index contributed by atoms with van der Waals surface area (Å²) in [6.45, 7) is 21.2. The first-order valence-electron chi connectivity index (χ1n) is 9.18. The fourth-order valence-corrected chi connectivity index (χ4v) is 3.18. The van der Waals surface area contributed by atoms with E-state index in [1.165, 1.54) is 23.1 Å². The first kappa shape index (κ1) is 23.4. The van der Waals surface area contributed by atoms with Gasteiger partial charge in [-0.25, -0.2) is 0 Å². The van der Waals surface area contributed by atoms with E-state index >= 15 is 0 Å². The van der Waals surface area contributed by atoms with E-state index in [2.05, 4.69) is 67.3 Å². The van der Waals surface area contributed by atoms with Crippen molar-refractivity contribution in [3.05, 3.63) is 35.5 Å². The van der Waals surface area contributed by atoms with Crippen LogP contribution in [-0.2, 0) is 4.43 Å². The smallest absolute Gasteiger partial charge is 0.195 e. The molecule has 0 radical (unpaired) electrons. The average molecular weight is 353 g/mol. The van der Waals surface area contributed by atoms with Crippen molar-refractivity contribution in [2.45, 2.75) is 98.1 Å². The van der Waals surface area contributed by atoms with E-state index < -0.39 is 14.6 Å². The Labute approximate surface area is 151 Å². The summed E-state index contributed by atoms with van der Waals surface area (Å²) in [5.74, 6) is 0. The van der Waals surface area contributed by atoms with Crippen molar-refractivity contribution >= 4 is 8.32 Å². The van der Waals surface area contributed by atoms with E-state index in [-0.39, 0.29) is 5.04 Å². The van der Waals surface area contributed by atoms with Gasteiger partial charge in [0.15, 0.2) is 14.6 Å². The second-order valence-corrected chi connectivity index (χ2v) is 13.4. The van der Waals surface area contributed by atoms with Gasteiger partial charge in [0.25, 0.3) is 0 Å². The number of rotatable bonds is 10. The van der Waals surface area contributed by atoms with Crippen molar-refractivity contribution in [2.75, 3.05) is 0 Å². The van der Waals surface area contributed by atoms with Crippen LogP contribution in [0.15, 0.2) is 35.5 Å². The van der Waals surface area contributed by atoms with Crippen LogP contribution in [0.1, 0.15) is 73.6 Å². The molecule has 0 aromatic rings. The lowest BCUT2D eigenvalue weighted by atomic mass is 10.0. The molecule has 0 heterocycles. The third kappa shape index (κ3) is 10.3. The molecular weight excluding hydrogens is 312 g/mol. The average Bonchev–Trinajstić information content (AvgIpc) is 2.35. The molecule has 140 valence electrons. The largest absolute Gasteiger partial charge is 0.389 e. The summed E-state index contributed by atoms with van der Waals surface area (Å²) in [4.78, 5) is 0. The van der Waals surface area contributed by atoms with Crippen molar-refractivity contribution in [2.24, 2.45) is 0 Å². The van der Waals surface area contributed by atoms with Gasteiger partial charge in [0.2, 0.25) is 0 Å². The van der Waals surface area contributed by atoms with E-state index in [1.807, 2.05) is 6.08 Å². The zero-order chi connectivity index (χ0) is 19.0. The predicted molar refractivity (Wildman–Crippen MR) is 110 cm³/mol. The van der Waals surface area contributed by atoms with Crippen LogP contribution in [0.2, 0.25) is 18.1 Å². The molecule has 24 heavy (non-hydrogen) atoms. The number of hydrogen-bond acceptors (Lipinski definition) is 2. The monoisotopic (exact) mass is 352 g/mol. The maximum absolute atomic E-state index is 10.2. The highest BCUT2D eigenvalue weighted by molar-refractivity contribution is 6.74. The van der Waals surface area contributed by atoms with Crippen LogP contribution in [0.5, 0.6) is 0 Å². The molecule has 0 rings (SSSR count). The van der Waals surface area contributed by atoms with E-state index in [4.69, 9.17) is 4.43 Å². The Balaban J connectivity index is 4.33. The van der Waals surface area contributed by atoms with Gasteiger partial charge in [-0.15, -0.1) is 6.58 Å². The van der Waals surface area contributed by atoms with Crippen LogP contribution in [-0.4, -0.2) is 19.7 Å².